The fraction of sp³-hybridized carbons (Fsp3) is 0.533. The lowest BCUT2D eigenvalue weighted by atomic mass is 9.88. The third-order valence-electron chi connectivity index (χ3n) is 4.06. The molecule has 2 aromatic rings. The first-order valence-electron chi connectivity index (χ1n) is 7.29. The lowest BCUT2D eigenvalue weighted by Crippen LogP contribution is -2.25. The number of nitrogens with zero attached hydrogens (tertiary/aromatic N) is 3. The summed E-state index contributed by atoms with van der Waals surface area (Å²) in [4.78, 5) is 12.3. The molecule has 0 spiro atoms. The van der Waals surface area contributed by atoms with Crippen LogP contribution in [-0.2, 0) is 26.4 Å². The summed E-state index contributed by atoms with van der Waals surface area (Å²) in [5, 5.41) is 11.1. The fourth-order valence-electron chi connectivity index (χ4n) is 2.84. The van der Waals surface area contributed by atoms with Crippen molar-refractivity contribution in [3.05, 3.63) is 34.5 Å². The van der Waals surface area contributed by atoms with Crippen LogP contribution < -0.4 is 5.32 Å². The predicted molar refractivity (Wildman–Crippen MR) is 76.8 cm³/mol. The zero-order valence-corrected chi connectivity index (χ0v) is 12.6. The minimum absolute atomic E-state index is 0.169. The van der Waals surface area contributed by atoms with Crippen LogP contribution in [0.15, 0.2) is 10.7 Å². The van der Waals surface area contributed by atoms with E-state index in [-0.39, 0.29) is 5.91 Å². The van der Waals surface area contributed by atoms with Crippen molar-refractivity contribution in [2.24, 2.45) is 13.0 Å². The molecule has 0 aliphatic heterocycles. The van der Waals surface area contributed by atoms with E-state index < -0.39 is 0 Å². The summed E-state index contributed by atoms with van der Waals surface area (Å²) >= 11 is 0. The van der Waals surface area contributed by atoms with Crippen molar-refractivity contribution in [1.82, 2.24) is 20.3 Å². The molecular formula is C15H20N4O2. The Morgan fingerprint density at radius 1 is 1.57 bits per heavy atom. The van der Waals surface area contributed by atoms with Crippen LogP contribution in [0.2, 0.25) is 0 Å². The van der Waals surface area contributed by atoms with Gasteiger partial charge in [-0.3, -0.25) is 9.48 Å². The molecule has 2 heterocycles. The highest BCUT2D eigenvalue weighted by atomic mass is 16.5. The molecule has 1 amide bonds. The van der Waals surface area contributed by atoms with Crippen molar-refractivity contribution in [1.29, 1.82) is 0 Å². The van der Waals surface area contributed by atoms with Gasteiger partial charge in [-0.15, -0.1) is 0 Å². The Hall–Kier alpha value is -2.11. The van der Waals surface area contributed by atoms with E-state index in [0.717, 1.165) is 41.8 Å². The highest BCUT2D eigenvalue weighted by Gasteiger charge is 2.26. The lowest BCUT2D eigenvalue weighted by Gasteiger charge is -2.16. The molecule has 0 saturated heterocycles. The number of fused-ring (bicyclic) bond motifs is 1. The summed E-state index contributed by atoms with van der Waals surface area (Å²) in [5.74, 6) is 1.28. The van der Waals surface area contributed by atoms with Crippen LogP contribution in [-0.4, -0.2) is 20.8 Å². The van der Waals surface area contributed by atoms with Gasteiger partial charge in [0.2, 0.25) is 0 Å². The molecule has 3 rings (SSSR count). The number of hydrogen-bond donors (Lipinski definition) is 1. The minimum Gasteiger partial charge on any atom is -0.360 e. The maximum absolute atomic E-state index is 12.3. The van der Waals surface area contributed by atoms with Gasteiger partial charge in [0, 0.05) is 37.3 Å². The monoisotopic (exact) mass is 288 g/mol. The third-order valence-corrected chi connectivity index (χ3v) is 4.06. The summed E-state index contributed by atoms with van der Waals surface area (Å²) in [5.41, 5.74) is 3.36. The van der Waals surface area contributed by atoms with Crippen molar-refractivity contribution >= 4 is 5.91 Å². The van der Waals surface area contributed by atoms with Crippen LogP contribution in [0, 0.1) is 12.8 Å². The minimum atomic E-state index is -0.169. The van der Waals surface area contributed by atoms with Gasteiger partial charge in [-0.25, -0.2) is 0 Å². The van der Waals surface area contributed by atoms with Crippen LogP contribution in [0.1, 0.15) is 46.4 Å². The normalized spacial score (nSPS) is 17.6. The summed E-state index contributed by atoms with van der Waals surface area (Å²) in [6.45, 7) is 4.58. The molecule has 0 aromatic carbocycles. The van der Waals surface area contributed by atoms with Crippen molar-refractivity contribution < 1.29 is 9.32 Å². The predicted octanol–water partition coefficient (Wildman–Crippen LogP) is 1.77. The second-order valence-electron chi connectivity index (χ2n) is 5.88. The van der Waals surface area contributed by atoms with E-state index >= 15 is 0 Å². The van der Waals surface area contributed by atoms with E-state index in [0.29, 0.717) is 18.2 Å². The molecule has 0 radical (unpaired) electrons. The molecule has 1 atom stereocenters. The first kappa shape index (κ1) is 13.9. The fourth-order valence-corrected chi connectivity index (χ4v) is 2.84. The van der Waals surface area contributed by atoms with Gasteiger partial charge in [-0.05, 0) is 25.7 Å². The lowest BCUT2D eigenvalue weighted by molar-refractivity contribution is 0.0941. The number of nitrogens with one attached hydrogen (secondary N) is 1. The second-order valence-corrected chi connectivity index (χ2v) is 5.88. The Balaban J connectivity index is 1.72. The van der Waals surface area contributed by atoms with E-state index in [2.05, 4.69) is 22.5 Å². The van der Waals surface area contributed by atoms with Gasteiger partial charge in [-0.1, -0.05) is 12.1 Å². The largest absolute Gasteiger partial charge is 0.360 e. The Kier molecular flexibility index (Phi) is 3.53. The molecule has 6 nitrogen and oxygen atoms in total. The molecular weight excluding hydrogens is 268 g/mol. The van der Waals surface area contributed by atoms with E-state index in [1.807, 2.05) is 20.2 Å². The van der Waals surface area contributed by atoms with Gasteiger partial charge >= 0.3 is 0 Å². The second kappa shape index (κ2) is 5.35. The van der Waals surface area contributed by atoms with E-state index in [4.69, 9.17) is 4.52 Å². The molecule has 6 heteroatoms. The molecule has 1 aliphatic rings. The average Bonchev–Trinajstić information content (AvgIpc) is 2.99. The third kappa shape index (κ3) is 2.70. The molecule has 1 aliphatic carbocycles. The van der Waals surface area contributed by atoms with E-state index in [1.165, 1.54) is 0 Å². The number of hydrogen-bond acceptors (Lipinski definition) is 4. The smallest absolute Gasteiger partial charge is 0.274 e. The van der Waals surface area contributed by atoms with Crippen molar-refractivity contribution in [3.63, 3.8) is 0 Å². The van der Waals surface area contributed by atoms with Gasteiger partial charge < -0.3 is 9.84 Å². The number of aryl methyl sites for hydroxylation is 3. The van der Waals surface area contributed by atoms with Gasteiger partial charge in [0.15, 0.2) is 5.69 Å². The van der Waals surface area contributed by atoms with Gasteiger partial charge in [0.1, 0.15) is 5.76 Å². The summed E-state index contributed by atoms with van der Waals surface area (Å²) < 4.78 is 7.06. The number of aromatic nitrogens is 3. The first-order valence-corrected chi connectivity index (χ1v) is 7.29. The van der Waals surface area contributed by atoms with Crippen molar-refractivity contribution in [2.45, 2.75) is 39.7 Å². The Morgan fingerprint density at radius 2 is 2.38 bits per heavy atom. The maximum Gasteiger partial charge on any atom is 0.274 e. The number of rotatable bonds is 3. The van der Waals surface area contributed by atoms with Crippen molar-refractivity contribution in [3.8, 4) is 0 Å². The number of amides is 1. The Bertz CT molecular complexity index is 671. The summed E-state index contributed by atoms with van der Waals surface area (Å²) in [6.07, 6.45) is 4.75. The number of carbonyl (C=O) groups excluding carboxylic acids is 1. The maximum atomic E-state index is 12.3. The number of carbonyl (C=O) groups is 1. The Morgan fingerprint density at radius 3 is 3.10 bits per heavy atom. The van der Waals surface area contributed by atoms with Crippen LogP contribution in [0.5, 0.6) is 0 Å². The zero-order valence-electron chi connectivity index (χ0n) is 12.6. The van der Waals surface area contributed by atoms with Crippen LogP contribution in [0.4, 0.5) is 0 Å². The van der Waals surface area contributed by atoms with E-state index in [1.54, 1.807) is 4.68 Å². The summed E-state index contributed by atoms with van der Waals surface area (Å²) in [6, 6.07) is 0. The topological polar surface area (TPSA) is 73.0 Å². The highest BCUT2D eigenvalue weighted by Crippen LogP contribution is 2.27. The average molecular weight is 288 g/mol. The molecule has 0 fully saturated rings. The van der Waals surface area contributed by atoms with Crippen LogP contribution >= 0.6 is 0 Å². The van der Waals surface area contributed by atoms with Crippen molar-refractivity contribution in [2.75, 3.05) is 0 Å². The van der Waals surface area contributed by atoms with Crippen LogP contribution in [0.3, 0.4) is 0 Å². The summed E-state index contributed by atoms with van der Waals surface area (Å²) in [7, 11) is 1.87. The molecule has 2 aromatic heterocycles. The standard InChI is InChI=1S/C15H20N4O2/c1-9-4-5-13-12(6-9)14(18-21-13)15(20)16-7-11-8-19(3)17-10(11)2/h8-9H,4-7H2,1-3H3,(H,16,20). The van der Waals surface area contributed by atoms with Gasteiger partial charge in [-0.2, -0.15) is 5.10 Å². The molecule has 21 heavy (non-hydrogen) atoms. The molecule has 112 valence electrons. The highest BCUT2D eigenvalue weighted by molar-refractivity contribution is 5.93. The molecule has 0 saturated carbocycles. The van der Waals surface area contributed by atoms with E-state index in [9.17, 15) is 4.79 Å². The quantitative estimate of drug-likeness (QED) is 0.934. The first-order chi connectivity index (χ1) is 10.0. The molecule has 0 bridgehead atoms. The molecule has 1 N–H and O–H groups in total. The SMILES string of the molecule is Cc1nn(C)cc1CNC(=O)c1noc2c1CC(C)CC2. The Labute approximate surface area is 123 Å². The van der Waals surface area contributed by atoms with Gasteiger partial charge in [0.25, 0.3) is 5.91 Å². The van der Waals surface area contributed by atoms with Gasteiger partial charge in [0.05, 0.1) is 5.69 Å². The zero-order chi connectivity index (χ0) is 15.0. The molecule has 1 unspecified atom stereocenters. The van der Waals surface area contributed by atoms with Crippen LogP contribution in [0.25, 0.3) is 0 Å².